The highest BCUT2D eigenvalue weighted by Gasteiger charge is 2.04. The van der Waals surface area contributed by atoms with Crippen LogP contribution in [-0.4, -0.2) is 28.6 Å². The van der Waals surface area contributed by atoms with Gasteiger partial charge in [0.25, 0.3) is 0 Å². The molecule has 1 aromatic heterocycles. The number of hydrogen-bond acceptors (Lipinski definition) is 2. The van der Waals surface area contributed by atoms with E-state index in [1.54, 1.807) is 0 Å². The Hall–Kier alpha value is -1.57. The number of imidazole rings is 1. The topological polar surface area (TPSA) is 54.2 Å². The van der Waals surface area contributed by atoms with Crippen molar-refractivity contribution in [3.05, 3.63) is 54.1 Å². The Labute approximate surface area is 174 Å². The number of unbranched alkanes of at least 4 members (excludes halogenated alkanes) is 3. The van der Waals surface area contributed by atoms with Crippen molar-refractivity contribution < 1.29 is 0 Å². The van der Waals surface area contributed by atoms with Gasteiger partial charge in [-0.05, 0) is 18.9 Å². The number of nitrogens with zero attached hydrogens (tertiary/aromatic N) is 3. The van der Waals surface area contributed by atoms with Crippen LogP contribution >= 0.6 is 24.0 Å². The fraction of sp³-hybridized carbons (Fsp3) is 0.500. The SMILES string of the molecule is CCCCCCNC(=NCc1nccn1Cc1ccccc1)NCC.I. The summed E-state index contributed by atoms with van der Waals surface area (Å²) in [5.74, 6) is 1.85. The number of halogens is 1. The first-order valence-corrected chi connectivity index (χ1v) is 9.39. The van der Waals surface area contributed by atoms with Gasteiger partial charge in [-0.1, -0.05) is 56.5 Å². The molecule has 0 unspecified atom stereocenters. The zero-order chi connectivity index (χ0) is 17.7. The van der Waals surface area contributed by atoms with Crippen LogP contribution in [0.3, 0.4) is 0 Å². The third kappa shape index (κ3) is 8.21. The van der Waals surface area contributed by atoms with Gasteiger partial charge in [0.15, 0.2) is 5.96 Å². The maximum absolute atomic E-state index is 4.69. The van der Waals surface area contributed by atoms with Gasteiger partial charge in [-0.15, -0.1) is 24.0 Å². The van der Waals surface area contributed by atoms with E-state index in [0.29, 0.717) is 6.54 Å². The quantitative estimate of drug-likeness (QED) is 0.238. The fourth-order valence-corrected chi connectivity index (χ4v) is 2.67. The van der Waals surface area contributed by atoms with Crippen LogP contribution in [0.1, 0.15) is 50.9 Å². The molecule has 26 heavy (non-hydrogen) atoms. The summed E-state index contributed by atoms with van der Waals surface area (Å²) in [6, 6.07) is 10.4. The first-order chi connectivity index (χ1) is 12.3. The van der Waals surface area contributed by atoms with Crippen LogP contribution in [0.4, 0.5) is 0 Å². The minimum absolute atomic E-state index is 0. The number of hydrogen-bond donors (Lipinski definition) is 2. The lowest BCUT2D eigenvalue weighted by Gasteiger charge is -2.11. The molecule has 144 valence electrons. The highest BCUT2D eigenvalue weighted by atomic mass is 127. The molecule has 0 aliphatic rings. The maximum Gasteiger partial charge on any atom is 0.191 e. The van der Waals surface area contributed by atoms with Crippen molar-refractivity contribution in [2.75, 3.05) is 13.1 Å². The molecule has 0 bridgehead atoms. The maximum atomic E-state index is 4.69. The molecule has 0 aliphatic heterocycles. The van der Waals surface area contributed by atoms with E-state index in [1.165, 1.54) is 31.2 Å². The average Bonchev–Trinajstić information content (AvgIpc) is 3.07. The fourth-order valence-electron chi connectivity index (χ4n) is 2.67. The normalized spacial score (nSPS) is 11.1. The number of rotatable bonds is 10. The average molecular weight is 469 g/mol. The minimum Gasteiger partial charge on any atom is -0.357 e. The predicted octanol–water partition coefficient (Wildman–Crippen LogP) is 4.18. The van der Waals surface area contributed by atoms with Gasteiger partial charge in [0.1, 0.15) is 12.4 Å². The van der Waals surface area contributed by atoms with E-state index in [9.17, 15) is 0 Å². The molecule has 0 amide bonds. The van der Waals surface area contributed by atoms with Gasteiger partial charge in [0.2, 0.25) is 0 Å². The lowest BCUT2D eigenvalue weighted by molar-refractivity contribution is 0.646. The molecule has 2 rings (SSSR count). The first-order valence-electron chi connectivity index (χ1n) is 9.39. The van der Waals surface area contributed by atoms with Crippen molar-refractivity contribution in [2.24, 2.45) is 4.99 Å². The molecule has 0 fully saturated rings. The van der Waals surface area contributed by atoms with E-state index in [2.05, 4.69) is 63.3 Å². The molecule has 5 nitrogen and oxygen atoms in total. The number of nitrogens with one attached hydrogen (secondary N) is 2. The molecule has 0 saturated heterocycles. The molecule has 2 aromatic rings. The van der Waals surface area contributed by atoms with E-state index in [1.807, 2.05) is 18.5 Å². The molecule has 2 N–H and O–H groups in total. The van der Waals surface area contributed by atoms with Gasteiger partial charge in [-0.2, -0.15) is 0 Å². The highest BCUT2D eigenvalue weighted by Crippen LogP contribution is 2.06. The monoisotopic (exact) mass is 469 g/mol. The van der Waals surface area contributed by atoms with Crippen molar-refractivity contribution in [2.45, 2.75) is 52.6 Å². The zero-order valence-corrected chi connectivity index (χ0v) is 18.3. The third-order valence-corrected chi connectivity index (χ3v) is 4.04. The van der Waals surface area contributed by atoms with Gasteiger partial charge in [-0.25, -0.2) is 9.98 Å². The Balaban J connectivity index is 0.00000338. The number of aliphatic imine (C=N–C) groups is 1. The second-order valence-electron chi connectivity index (χ2n) is 6.14. The van der Waals surface area contributed by atoms with E-state index < -0.39 is 0 Å². The van der Waals surface area contributed by atoms with Gasteiger partial charge >= 0.3 is 0 Å². The standard InChI is InChI=1S/C20H31N5.HI/c1-3-5-6-10-13-23-20(21-4-2)24-16-19-22-14-15-25(19)17-18-11-8-7-9-12-18;/h7-9,11-12,14-15H,3-6,10,13,16-17H2,1-2H3,(H2,21,23,24);1H. The summed E-state index contributed by atoms with van der Waals surface area (Å²) in [5.41, 5.74) is 1.27. The summed E-state index contributed by atoms with van der Waals surface area (Å²) < 4.78 is 2.16. The highest BCUT2D eigenvalue weighted by molar-refractivity contribution is 14.0. The summed E-state index contributed by atoms with van der Waals surface area (Å²) in [5, 5.41) is 6.72. The van der Waals surface area contributed by atoms with Gasteiger partial charge in [0, 0.05) is 32.0 Å². The molecular formula is C20H32IN5. The Morgan fingerprint density at radius 1 is 1.08 bits per heavy atom. The van der Waals surface area contributed by atoms with Crippen LogP contribution in [-0.2, 0) is 13.1 Å². The van der Waals surface area contributed by atoms with E-state index in [0.717, 1.165) is 31.4 Å². The molecule has 0 radical (unpaired) electrons. The molecule has 0 saturated carbocycles. The van der Waals surface area contributed by atoms with Gasteiger partial charge in [0.05, 0.1) is 0 Å². The summed E-state index contributed by atoms with van der Waals surface area (Å²) in [6.45, 7) is 7.54. The summed E-state index contributed by atoms with van der Waals surface area (Å²) in [4.78, 5) is 9.15. The van der Waals surface area contributed by atoms with Crippen LogP contribution in [0.2, 0.25) is 0 Å². The zero-order valence-electron chi connectivity index (χ0n) is 15.9. The van der Waals surface area contributed by atoms with Gasteiger partial charge in [-0.3, -0.25) is 0 Å². The molecule has 0 spiro atoms. The van der Waals surface area contributed by atoms with Crippen molar-refractivity contribution in [1.29, 1.82) is 0 Å². The van der Waals surface area contributed by atoms with Crippen LogP contribution < -0.4 is 10.6 Å². The predicted molar refractivity (Wildman–Crippen MR) is 120 cm³/mol. The molecule has 1 aromatic carbocycles. The number of guanidine groups is 1. The third-order valence-electron chi connectivity index (χ3n) is 4.04. The van der Waals surface area contributed by atoms with Crippen LogP contribution in [0.5, 0.6) is 0 Å². The van der Waals surface area contributed by atoms with E-state index >= 15 is 0 Å². The van der Waals surface area contributed by atoms with Crippen molar-refractivity contribution >= 4 is 29.9 Å². The largest absolute Gasteiger partial charge is 0.357 e. The Bertz CT molecular complexity index is 624. The molecule has 6 heteroatoms. The van der Waals surface area contributed by atoms with Crippen molar-refractivity contribution in [3.63, 3.8) is 0 Å². The van der Waals surface area contributed by atoms with Crippen LogP contribution in [0.25, 0.3) is 0 Å². The Morgan fingerprint density at radius 3 is 2.62 bits per heavy atom. The molecule has 0 atom stereocenters. The lowest BCUT2D eigenvalue weighted by atomic mass is 10.2. The minimum atomic E-state index is 0. The van der Waals surface area contributed by atoms with Crippen LogP contribution in [0, 0.1) is 0 Å². The summed E-state index contributed by atoms with van der Waals surface area (Å²) in [6.07, 6.45) is 8.87. The Kier molecular flexibility index (Phi) is 11.8. The molecule has 1 heterocycles. The first kappa shape index (κ1) is 22.5. The van der Waals surface area contributed by atoms with E-state index in [4.69, 9.17) is 0 Å². The second-order valence-corrected chi connectivity index (χ2v) is 6.14. The lowest BCUT2D eigenvalue weighted by Crippen LogP contribution is -2.37. The summed E-state index contributed by atoms with van der Waals surface area (Å²) in [7, 11) is 0. The molecule has 0 aliphatic carbocycles. The number of aromatic nitrogens is 2. The molecular weight excluding hydrogens is 437 g/mol. The smallest absolute Gasteiger partial charge is 0.191 e. The number of benzene rings is 1. The second kappa shape index (κ2) is 13.6. The van der Waals surface area contributed by atoms with Crippen molar-refractivity contribution in [1.82, 2.24) is 20.2 Å². The van der Waals surface area contributed by atoms with Crippen LogP contribution in [0.15, 0.2) is 47.7 Å². The van der Waals surface area contributed by atoms with Crippen molar-refractivity contribution in [3.8, 4) is 0 Å². The Morgan fingerprint density at radius 2 is 1.88 bits per heavy atom. The van der Waals surface area contributed by atoms with E-state index in [-0.39, 0.29) is 24.0 Å². The summed E-state index contributed by atoms with van der Waals surface area (Å²) >= 11 is 0. The van der Waals surface area contributed by atoms with Gasteiger partial charge < -0.3 is 15.2 Å².